The fraction of sp³-hybridized carbons (Fsp3) is 0.467. The summed E-state index contributed by atoms with van der Waals surface area (Å²) in [6.07, 6.45) is 0. The smallest absolute Gasteiger partial charge is 0.224 e. The molecule has 1 aromatic carbocycles. The molecule has 0 aliphatic carbocycles. The topological polar surface area (TPSA) is 41.1 Å². The largest absolute Gasteiger partial charge is 0.357 e. The lowest BCUT2D eigenvalue weighted by atomic mass is 10.0. The monoisotopic (exact) mass is 256 g/mol. The molecule has 0 saturated carbocycles. The van der Waals surface area contributed by atoms with Gasteiger partial charge in [0.2, 0.25) is 5.95 Å². The van der Waals surface area contributed by atoms with E-state index in [4.69, 9.17) is 0 Å². The Labute approximate surface area is 113 Å². The van der Waals surface area contributed by atoms with Crippen LogP contribution in [0.15, 0.2) is 24.3 Å². The molecule has 0 amide bonds. The van der Waals surface area contributed by atoms with Gasteiger partial charge in [-0.25, -0.2) is 4.98 Å². The molecule has 0 radical (unpaired) electrons. The quantitative estimate of drug-likeness (QED) is 0.897. The highest BCUT2D eigenvalue weighted by atomic mass is 15.2. The molecule has 4 nitrogen and oxygen atoms in total. The number of hydrogen-bond acceptors (Lipinski definition) is 4. The van der Waals surface area contributed by atoms with Crippen LogP contribution < -0.4 is 10.2 Å². The molecule has 1 fully saturated rings. The minimum absolute atomic E-state index is 0.695. The van der Waals surface area contributed by atoms with E-state index in [9.17, 15) is 0 Å². The summed E-state index contributed by atoms with van der Waals surface area (Å²) >= 11 is 0. The molecule has 1 aliphatic heterocycles. The lowest BCUT2D eigenvalue weighted by Crippen LogP contribution is -2.21. The second-order valence-electron chi connectivity index (χ2n) is 5.50. The third-order valence-corrected chi connectivity index (χ3v) is 4.09. The van der Waals surface area contributed by atoms with Crippen molar-refractivity contribution in [1.29, 1.82) is 0 Å². The first-order valence-electron chi connectivity index (χ1n) is 6.88. The summed E-state index contributed by atoms with van der Waals surface area (Å²) in [5.74, 6) is 3.19. The van der Waals surface area contributed by atoms with Crippen LogP contribution in [-0.4, -0.2) is 30.1 Å². The third-order valence-electron chi connectivity index (χ3n) is 4.09. The summed E-state index contributed by atoms with van der Waals surface area (Å²) in [5, 5.41) is 4.20. The predicted molar refractivity (Wildman–Crippen MR) is 79.6 cm³/mol. The van der Waals surface area contributed by atoms with Crippen molar-refractivity contribution in [3.05, 3.63) is 24.3 Å². The summed E-state index contributed by atoms with van der Waals surface area (Å²) in [4.78, 5) is 11.6. The molecule has 1 N–H and O–H groups in total. The van der Waals surface area contributed by atoms with E-state index in [1.165, 1.54) is 0 Å². The molecule has 1 saturated heterocycles. The fourth-order valence-corrected chi connectivity index (χ4v) is 2.72. The fourth-order valence-electron chi connectivity index (χ4n) is 2.72. The SMILES string of the molecule is CNc1nc(N2CC(C)C(C)C2)c2ccccc2n1. The first-order chi connectivity index (χ1) is 9.19. The molecule has 19 heavy (non-hydrogen) atoms. The summed E-state index contributed by atoms with van der Waals surface area (Å²) in [6, 6.07) is 8.23. The number of anilines is 2. The van der Waals surface area contributed by atoms with Gasteiger partial charge < -0.3 is 10.2 Å². The van der Waals surface area contributed by atoms with Crippen molar-refractivity contribution >= 4 is 22.7 Å². The van der Waals surface area contributed by atoms with Crippen LogP contribution in [0.25, 0.3) is 10.9 Å². The van der Waals surface area contributed by atoms with Gasteiger partial charge in [-0.1, -0.05) is 26.0 Å². The molecule has 4 heteroatoms. The molecule has 1 aliphatic rings. The number of hydrogen-bond donors (Lipinski definition) is 1. The Morgan fingerprint density at radius 3 is 2.47 bits per heavy atom. The third kappa shape index (κ3) is 2.11. The minimum atomic E-state index is 0.695. The molecule has 2 heterocycles. The lowest BCUT2D eigenvalue weighted by Gasteiger charge is -2.19. The molecule has 2 atom stereocenters. The van der Waals surface area contributed by atoms with Gasteiger partial charge in [-0.3, -0.25) is 0 Å². The number of nitrogens with zero attached hydrogens (tertiary/aromatic N) is 3. The molecule has 1 aromatic heterocycles. The van der Waals surface area contributed by atoms with E-state index in [1.807, 2.05) is 19.2 Å². The van der Waals surface area contributed by atoms with Gasteiger partial charge in [-0.15, -0.1) is 0 Å². The van der Waals surface area contributed by atoms with E-state index in [0.717, 1.165) is 29.8 Å². The van der Waals surface area contributed by atoms with Crippen LogP contribution in [0.4, 0.5) is 11.8 Å². The Morgan fingerprint density at radius 2 is 1.79 bits per heavy atom. The van der Waals surface area contributed by atoms with Gasteiger partial charge in [0.25, 0.3) is 0 Å². The van der Waals surface area contributed by atoms with Gasteiger partial charge in [-0.05, 0) is 24.0 Å². The lowest BCUT2D eigenvalue weighted by molar-refractivity contribution is 0.494. The van der Waals surface area contributed by atoms with Gasteiger partial charge in [0.1, 0.15) is 5.82 Å². The van der Waals surface area contributed by atoms with Crippen LogP contribution in [0.3, 0.4) is 0 Å². The number of benzene rings is 1. The Kier molecular flexibility index (Phi) is 3.01. The summed E-state index contributed by atoms with van der Waals surface area (Å²) in [7, 11) is 1.86. The Hall–Kier alpha value is -1.84. The van der Waals surface area contributed by atoms with Crippen LogP contribution >= 0.6 is 0 Å². The molecular weight excluding hydrogens is 236 g/mol. The highest BCUT2D eigenvalue weighted by Gasteiger charge is 2.28. The standard InChI is InChI=1S/C15H20N4/c1-10-8-19(9-11(10)2)14-12-6-4-5-7-13(12)17-15(16-3)18-14/h4-7,10-11H,8-9H2,1-3H3,(H,16,17,18). The Morgan fingerprint density at radius 1 is 1.11 bits per heavy atom. The van der Waals surface area contributed by atoms with Gasteiger partial charge in [0.15, 0.2) is 0 Å². The Bertz CT molecular complexity index is 586. The van der Waals surface area contributed by atoms with Crippen molar-refractivity contribution in [2.75, 3.05) is 30.4 Å². The van der Waals surface area contributed by atoms with Gasteiger partial charge in [0.05, 0.1) is 5.52 Å². The highest BCUT2D eigenvalue weighted by molar-refractivity contribution is 5.90. The number of aromatic nitrogens is 2. The average Bonchev–Trinajstić information content (AvgIpc) is 2.77. The zero-order chi connectivity index (χ0) is 13.4. The van der Waals surface area contributed by atoms with Crippen LogP contribution in [-0.2, 0) is 0 Å². The zero-order valence-electron chi connectivity index (χ0n) is 11.7. The van der Waals surface area contributed by atoms with Crippen molar-refractivity contribution in [3.63, 3.8) is 0 Å². The average molecular weight is 256 g/mol. The van der Waals surface area contributed by atoms with Gasteiger partial charge in [-0.2, -0.15) is 4.98 Å². The van der Waals surface area contributed by atoms with E-state index < -0.39 is 0 Å². The maximum absolute atomic E-state index is 4.67. The van der Waals surface area contributed by atoms with Crippen molar-refractivity contribution in [2.45, 2.75) is 13.8 Å². The molecule has 0 spiro atoms. The maximum Gasteiger partial charge on any atom is 0.224 e. The second-order valence-corrected chi connectivity index (χ2v) is 5.50. The van der Waals surface area contributed by atoms with Crippen molar-refractivity contribution in [3.8, 4) is 0 Å². The normalized spacial score (nSPS) is 23.0. The van der Waals surface area contributed by atoms with Crippen molar-refractivity contribution < 1.29 is 0 Å². The molecule has 0 bridgehead atoms. The first-order valence-corrected chi connectivity index (χ1v) is 6.88. The van der Waals surface area contributed by atoms with E-state index in [1.54, 1.807) is 0 Å². The highest BCUT2D eigenvalue weighted by Crippen LogP contribution is 2.31. The maximum atomic E-state index is 4.67. The molecule has 2 unspecified atom stereocenters. The van der Waals surface area contributed by atoms with E-state index in [0.29, 0.717) is 17.8 Å². The second kappa shape index (κ2) is 4.68. The number of fused-ring (bicyclic) bond motifs is 1. The summed E-state index contributed by atoms with van der Waals surface area (Å²) in [5.41, 5.74) is 1.00. The Balaban J connectivity index is 2.11. The van der Waals surface area contributed by atoms with E-state index in [-0.39, 0.29) is 0 Å². The van der Waals surface area contributed by atoms with Crippen LogP contribution in [0.5, 0.6) is 0 Å². The van der Waals surface area contributed by atoms with Gasteiger partial charge >= 0.3 is 0 Å². The number of rotatable bonds is 2. The minimum Gasteiger partial charge on any atom is -0.357 e. The van der Waals surface area contributed by atoms with Crippen LogP contribution in [0, 0.1) is 11.8 Å². The predicted octanol–water partition coefficient (Wildman–Crippen LogP) is 2.76. The van der Waals surface area contributed by atoms with E-state index in [2.05, 4.69) is 46.2 Å². The van der Waals surface area contributed by atoms with Crippen molar-refractivity contribution in [1.82, 2.24) is 9.97 Å². The first kappa shape index (κ1) is 12.2. The van der Waals surface area contributed by atoms with Crippen LogP contribution in [0.1, 0.15) is 13.8 Å². The summed E-state index contributed by atoms with van der Waals surface area (Å²) in [6.45, 7) is 6.77. The molecule has 3 rings (SSSR count). The molecule has 100 valence electrons. The molecular formula is C15H20N4. The summed E-state index contributed by atoms with van der Waals surface area (Å²) < 4.78 is 0. The van der Waals surface area contributed by atoms with E-state index >= 15 is 0 Å². The molecule has 2 aromatic rings. The van der Waals surface area contributed by atoms with Crippen LogP contribution in [0.2, 0.25) is 0 Å². The van der Waals surface area contributed by atoms with Crippen molar-refractivity contribution in [2.24, 2.45) is 11.8 Å². The number of nitrogens with one attached hydrogen (secondary N) is 1. The zero-order valence-corrected chi connectivity index (χ0v) is 11.7. The number of para-hydroxylation sites is 1. The van der Waals surface area contributed by atoms with Gasteiger partial charge in [0, 0.05) is 25.5 Å².